The highest BCUT2D eigenvalue weighted by molar-refractivity contribution is 5.89. The van der Waals surface area contributed by atoms with Crippen LogP contribution in [0.4, 0.5) is 0 Å². The lowest BCUT2D eigenvalue weighted by atomic mass is 10.0. The maximum Gasteiger partial charge on any atom is 0.336 e. The second-order valence-corrected chi connectivity index (χ2v) is 8.96. The van der Waals surface area contributed by atoms with E-state index in [1.165, 1.54) is 62.7 Å². The molecule has 2 rings (SSSR count). The molecule has 0 radical (unpaired) electrons. The predicted molar refractivity (Wildman–Crippen MR) is 144 cm³/mol. The third-order valence-corrected chi connectivity index (χ3v) is 6.03. The molecular formula is C31H38N2O3. The van der Waals surface area contributed by atoms with Gasteiger partial charge in [0.25, 0.3) is 0 Å². The third kappa shape index (κ3) is 9.96. The first-order chi connectivity index (χ1) is 17.6. The summed E-state index contributed by atoms with van der Waals surface area (Å²) in [4.78, 5) is 12.4. The molecule has 2 aromatic carbocycles. The van der Waals surface area contributed by atoms with Gasteiger partial charge in [-0.3, -0.25) is 0 Å². The van der Waals surface area contributed by atoms with Crippen molar-refractivity contribution in [2.24, 2.45) is 0 Å². The summed E-state index contributed by atoms with van der Waals surface area (Å²) in [5.41, 5.74) is 2.27. The Morgan fingerprint density at radius 1 is 0.778 bits per heavy atom. The van der Waals surface area contributed by atoms with Gasteiger partial charge in [-0.1, -0.05) is 89.5 Å². The number of nitriles is 2. The summed E-state index contributed by atoms with van der Waals surface area (Å²) in [5.74, 6) is -0.220. The van der Waals surface area contributed by atoms with E-state index in [0.29, 0.717) is 12.4 Å². The van der Waals surface area contributed by atoms with E-state index in [1.54, 1.807) is 12.1 Å². The van der Waals surface area contributed by atoms with Crippen LogP contribution in [0.5, 0.6) is 11.5 Å². The van der Waals surface area contributed by atoms with Gasteiger partial charge in [-0.25, -0.2) is 4.79 Å². The lowest BCUT2D eigenvalue weighted by Crippen LogP contribution is -2.07. The highest BCUT2D eigenvalue weighted by atomic mass is 16.5. The molecule has 0 unspecified atom stereocenters. The van der Waals surface area contributed by atoms with Gasteiger partial charge in [-0.05, 0) is 48.6 Å². The van der Waals surface area contributed by atoms with Gasteiger partial charge in [0, 0.05) is 6.08 Å². The summed E-state index contributed by atoms with van der Waals surface area (Å²) >= 11 is 0. The number of esters is 1. The molecule has 0 saturated heterocycles. The molecule has 5 nitrogen and oxygen atoms in total. The van der Waals surface area contributed by atoms with Gasteiger partial charge in [-0.2, -0.15) is 10.5 Å². The van der Waals surface area contributed by atoms with Gasteiger partial charge >= 0.3 is 5.97 Å². The van der Waals surface area contributed by atoms with Crippen molar-refractivity contribution in [3.8, 4) is 23.6 Å². The molecule has 0 aromatic heterocycles. The quantitative estimate of drug-likeness (QED) is 0.104. The smallest absolute Gasteiger partial charge is 0.336 e. The van der Waals surface area contributed by atoms with Crippen LogP contribution in [0.15, 0.2) is 42.5 Å². The van der Waals surface area contributed by atoms with E-state index >= 15 is 0 Å². The van der Waals surface area contributed by atoms with E-state index < -0.39 is 5.97 Å². The van der Waals surface area contributed by atoms with Crippen LogP contribution < -0.4 is 9.47 Å². The summed E-state index contributed by atoms with van der Waals surface area (Å²) in [7, 11) is 0. The van der Waals surface area contributed by atoms with E-state index in [-0.39, 0.29) is 16.9 Å². The number of ether oxygens (including phenoxy) is 2. The molecule has 0 atom stereocenters. The lowest BCUT2D eigenvalue weighted by molar-refractivity contribution is -0.128. The van der Waals surface area contributed by atoms with Crippen molar-refractivity contribution in [1.82, 2.24) is 0 Å². The lowest BCUT2D eigenvalue weighted by Gasteiger charge is -2.11. The molecule has 0 aliphatic heterocycles. The van der Waals surface area contributed by atoms with Crippen molar-refractivity contribution in [3.05, 3.63) is 64.7 Å². The van der Waals surface area contributed by atoms with Crippen LogP contribution in [0.2, 0.25) is 0 Å². The number of hydrogen-bond donors (Lipinski definition) is 0. The predicted octanol–water partition coefficient (Wildman–Crippen LogP) is 7.91. The monoisotopic (exact) mass is 486 g/mol. The first-order valence-electron chi connectivity index (χ1n) is 13.2. The molecule has 0 bridgehead atoms. The molecule has 0 aliphatic carbocycles. The summed E-state index contributed by atoms with van der Waals surface area (Å²) in [6.45, 7) is 4.86. The van der Waals surface area contributed by atoms with Crippen LogP contribution in [-0.4, -0.2) is 12.6 Å². The molecule has 0 heterocycles. The Bertz CT molecular complexity index is 1060. The molecule has 36 heavy (non-hydrogen) atoms. The van der Waals surface area contributed by atoms with Crippen LogP contribution in [0, 0.1) is 22.7 Å². The number of nitrogens with zero attached hydrogens (tertiary/aromatic N) is 2. The molecule has 0 fully saturated rings. The minimum Gasteiger partial charge on any atom is -0.492 e. The number of rotatable bonds is 16. The Kier molecular flexibility index (Phi) is 13.5. The fraction of sp³-hybridized carbons (Fsp3) is 0.452. The molecule has 0 saturated carbocycles. The Morgan fingerprint density at radius 2 is 1.36 bits per heavy atom. The molecule has 0 spiro atoms. The number of aryl methyl sites for hydroxylation is 1. The van der Waals surface area contributed by atoms with Crippen LogP contribution in [0.25, 0.3) is 6.08 Å². The van der Waals surface area contributed by atoms with Gasteiger partial charge in [0.1, 0.15) is 29.0 Å². The molecule has 0 aliphatic rings. The topological polar surface area (TPSA) is 83.1 Å². The SMILES string of the molecule is CCCCCCCOc1ccc(OC(=O)C=Cc2ccc(CCCCCCC)cc2)c(C#N)c1C#N. The van der Waals surface area contributed by atoms with E-state index in [2.05, 4.69) is 26.0 Å². The van der Waals surface area contributed by atoms with Crippen LogP contribution in [-0.2, 0) is 11.2 Å². The summed E-state index contributed by atoms with van der Waals surface area (Å²) in [6.07, 6.45) is 15.8. The average Bonchev–Trinajstić information content (AvgIpc) is 2.90. The van der Waals surface area contributed by atoms with Crippen molar-refractivity contribution in [2.75, 3.05) is 6.61 Å². The van der Waals surface area contributed by atoms with E-state index in [4.69, 9.17) is 9.47 Å². The zero-order chi connectivity index (χ0) is 26.0. The number of unbranched alkanes of at least 4 members (excludes halogenated alkanes) is 8. The molecule has 0 N–H and O–H groups in total. The van der Waals surface area contributed by atoms with Gasteiger partial charge in [-0.15, -0.1) is 0 Å². The second-order valence-electron chi connectivity index (χ2n) is 8.96. The van der Waals surface area contributed by atoms with Gasteiger partial charge < -0.3 is 9.47 Å². The Morgan fingerprint density at radius 3 is 2.00 bits per heavy atom. The fourth-order valence-electron chi connectivity index (χ4n) is 3.91. The summed E-state index contributed by atoms with van der Waals surface area (Å²) in [6, 6.07) is 15.2. The highest BCUT2D eigenvalue weighted by Crippen LogP contribution is 2.30. The van der Waals surface area contributed by atoms with Gasteiger partial charge in [0.15, 0.2) is 5.75 Å². The number of carbonyl (C=O) groups is 1. The van der Waals surface area contributed by atoms with Crippen molar-refractivity contribution in [3.63, 3.8) is 0 Å². The third-order valence-electron chi connectivity index (χ3n) is 6.03. The minimum atomic E-state index is -0.611. The van der Waals surface area contributed by atoms with Crippen LogP contribution in [0.3, 0.4) is 0 Å². The van der Waals surface area contributed by atoms with E-state index in [0.717, 1.165) is 31.2 Å². The number of carbonyl (C=O) groups excluding carboxylic acids is 1. The molecule has 5 heteroatoms. The number of benzene rings is 2. The standard InChI is InChI=1S/C31H38N2O3/c1-3-5-7-9-11-13-25-14-16-26(17-15-25)18-21-31(34)36-30-20-19-29(27(23-32)28(30)24-33)35-22-12-10-8-6-4-2/h14-21H,3-13,22H2,1-2H3. The molecule has 190 valence electrons. The van der Waals surface area contributed by atoms with Crippen molar-refractivity contribution in [2.45, 2.75) is 84.5 Å². The van der Waals surface area contributed by atoms with Crippen molar-refractivity contribution >= 4 is 12.0 Å². The zero-order valence-corrected chi connectivity index (χ0v) is 21.7. The Balaban J connectivity index is 1.93. The maximum atomic E-state index is 12.4. The second kappa shape index (κ2) is 17.0. The normalized spacial score (nSPS) is 10.7. The highest BCUT2D eigenvalue weighted by Gasteiger charge is 2.17. The summed E-state index contributed by atoms with van der Waals surface area (Å²) < 4.78 is 11.1. The molecule has 2 aromatic rings. The van der Waals surface area contributed by atoms with Crippen molar-refractivity contribution < 1.29 is 14.3 Å². The average molecular weight is 487 g/mol. The first-order valence-corrected chi connectivity index (χ1v) is 13.2. The van der Waals surface area contributed by atoms with Gasteiger partial charge in [0.05, 0.1) is 6.61 Å². The van der Waals surface area contributed by atoms with Crippen molar-refractivity contribution in [1.29, 1.82) is 10.5 Å². The van der Waals surface area contributed by atoms with Gasteiger partial charge in [0.2, 0.25) is 0 Å². The van der Waals surface area contributed by atoms with E-state index in [9.17, 15) is 15.3 Å². The van der Waals surface area contributed by atoms with Crippen LogP contribution in [0.1, 0.15) is 100 Å². The van der Waals surface area contributed by atoms with Crippen LogP contribution >= 0.6 is 0 Å². The van der Waals surface area contributed by atoms with E-state index in [1.807, 2.05) is 24.3 Å². The first kappa shape index (κ1) is 28.7. The Hall–Kier alpha value is -3.57. The zero-order valence-electron chi connectivity index (χ0n) is 21.7. The minimum absolute atomic E-state index is 0.00558. The largest absolute Gasteiger partial charge is 0.492 e. The molecular weight excluding hydrogens is 448 g/mol. The summed E-state index contributed by atoms with van der Waals surface area (Å²) in [5, 5.41) is 19.2. The fourth-order valence-corrected chi connectivity index (χ4v) is 3.91. The number of hydrogen-bond acceptors (Lipinski definition) is 5. The molecule has 0 amide bonds. The maximum absolute atomic E-state index is 12.4. The Labute approximate surface area is 216 Å².